The van der Waals surface area contributed by atoms with Crippen molar-refractivity contribution in [1.29, 1.82) is 0 Å². The maximum atomic E-state index is 13.0. The first-order chi connectivity index (χ1) is 13.8. The normalized spacial score (nSPS) is 16.7. The van der Waals surface area contributed by atoms with E-state index < -0.39 is 16.3 Å². The van der Waals surface area contributed by atoms with Crippen LogP contribution >= 0.6 is 0 Å². The van der Waals surface area contributed by atoms with E-state index in [0.29, 0.717) is 12.0 Å². The lowest BCUT2D eigenvalue weighted by Gasteiger charge is -2.27. The minimum absolute atomic E-state index is 0.157. The molecule has 0 amide bonds. The molecule has 1 heterocycles. The van der Waals surface area contributed by atoms with E-state index in [0.717, 1.165) is 17.7 Å². The summed E-state index contributed by atoms with van der Waals surface area (Å²) < 4.78 is 27.3. The predicted octanol–water partition coefficient (Wildman–Crippen LogP) is 2.03. The molecule has 1 aliphatic rings. The van der Waals surface area contributed by atoms with Gasteiger partial charge in [-0.3, -0.25) is 0 Å². The molecule has 7 nitrogen and oxygen atoms in total. The Kier molecular flexibility index (Phi) is 6.84. The van der Waals surface area contributed by atoms with Crippen LogP contribution in [0.1, 0.15) is 12.0 Å². The summed E-state index contributed by atoms with van der Waals surface area (Å²) in [4.78, 5) is 2.34. The summed E-state index contributed by atoms with van der Waals surface area (Å²) in [7, 11) is 0.399. The van der Waals surface area contributed by atoms with Gasteiger partial charge in [-0.2, -0.15) is 9.79 Å². The van der Waals surface area contributed by atoms with Crippen LogP contribution in [0.3, 0.4) is 0 Å². The lowest BCUT2D eigenvalue weighted by Crippen LogP contribution is -2.38. The summed E-state index contributed by atoms with van der Waals surface area (Å²) >= 11 is 0. The van der Waals surface area contributed by atoms with Crippen molar-refractivity contribution in [2.45, 2.75) is 24.1 Å². The number of hydroxylamine groups is 1. The smallest absolute Gasteiger partial charge is 0.243 e. The third-order valence-corrected chi connectivity index (χ3v) is 6.87. The average Bonchev–Trinajstić information content (AvgIpc) is 2.73. The Morgan fingerprint density at radius 1 is 1.14 bits per heavy atom. The Bertz CT molecular complexity index is 972. The van der Waals surface area contributed by atoms with E-state index in [1.807, 2.05) is 44.4 Å². The van der Waals surface area contributed by atoms with Crippen LogP contribution in [0.2, 0.25) is 0 Å². The molecule has 2 aromatic rings. The van der Waals surface area contributed by atoms with E-state index in [9.17, 15) is 13.5 Å². The van der Waals surface area contributed by atoms with Gasteiger partial charge in [-0.25, -0.2) is 8.42 Å². The molecule has 0 spiro atoms. The van der Waals surface area contributed by atoms with E-state index in [1.165, 1.54) is 9.87 Å². The van der Waals surface area contributed by atoms with Crippen molar-refractivity contribution in [3.05, 3.63) is 65.7 Å². The van der Waals surface area contributed by atoms with Crippen LogP contribution in [0.5, 0.6) is 0 Å². The monoisotopic (exact) mass is 417 g/mol. The standard InChI is InChI=1S/C21H27N3O4S/c1-23(2)15-18-5-3-4-6-20(18)16-7-9-19(10-8-16)29(27,28)24-13-11-17(12-14-24)21(25)22-26/h3-11,21-22,25-26H,12-15H2,1-2H3. The summed E-state index contributed by atoms with van der Waals surface area (Å²) in [6.45, 7) is 1.21. The number of hydrogen-bond acceptors (Lipinski definition) is 6. The molecule has 1 aliphatic heterocycles. The SMILES string of the molecule is CN(C)Cc1ccccc1-c1ccc(S(=O)(=O)N2CC=C(C(O)NO)CC2)cc1. The maximum Gasteiger partial charge on any atom is 0.243 e. The number of rotatable bonds is 7. The van der Waals surface area contributed by atoms with Crippen LogP contribution < -0.4 is 5.48 Å². The van der Waals surface area contributed by atoms with Crippen molar-refractivity contribution in [2.75, 3.05) is 27.2 Å². The highest BCUT2D eigenvalue weighted by Gasteiger charge is 2.27. The Hall–Kier alpha value is -2.07. The van der Waals surface area contributed by atoms with E-state index in [1.54, 1.807) is 23.7 Å². The van der Waals surface area contributed by atoms with Crippen LogP contribution in [0, 0.1) is 0 Å². The quantitative estimate of drug-likeness (QED) is 0.363. The van der Waals surface area contributed by atoms with Gasteiger partial charge >= 0.3 is 0 Å². The first kappa shape index (κ1) is 21.6. The minimum atomic E-state index is -3.63. The molecule has 0 fully saturated rings. The molecular weight excluding hydrogens is 390 g/mol. The van der Waals surface area contributed by atoms with Gasteiger partial charge < -0.3 is 15.2 Å². The largest absolute Gasteiger partial charge is 0.373 e. The molecule has 29 heavy (non-hydrogen) atoms. The van der Waals surface area contributed by atoms with E-state index in [2.05, 4.69) is 11.0 Å². The van der Waals surface area contributed by atoms with Crippen LogP contribution in [-0.2, 0) is 16.6 Å². The second-order valence-corrected chi connectivity index (χ2v) is 9.28. The Morgan fingerprint density at radius 3 is 2.41 bits per heavy atom. The van der Waals surface area contributed by atoms with Gasteiger partial charge in [-0.05, 0) is 54.9 Å². The third kappa shape index (κ3) is 4.92. The van der Waals surface area contributed by atoms with Gasteiger partial charge in [0, 0.05) is 19.6 Å². The van der Waals surface area contributed by atoms with Gasteiger partial charge in [0.25, 0.3) is 0 Å². The zero-order valence-electron chi connectivity index (χ0n) is 16.6. The molecule has 0 aliphatic carbocycles. The second kappa shape index (κ2) is 9.17. The Balaban J connectivity index is 1.81. The fourth-order valence-corrected chi connectivity index (χ4v) is 4.83. The molecule has 0 saturated carbocycles. The zero-order chi connectivity index (χ0) is 21.0. The van der Waals surface area contributed by atoms with Crippen molar-refractivity contribution in [1.82, 2.24) is 14.7 Å². The molecule has 0 bridgehead atoms. The van der Waals surface area contributed by atoms with E-state index in [4.69, 9.17) is 5.21 Å². The van der Waals surface area contributed by atoms with E-state index >= 15 is 0 Å². The van der Waals surface area contributed by atoms with Gasteiger partial charge in [0.15, 0.2) is 0 Å². The number of aliphatic hydroxyl groups excluding tert-OH is 1. The molecule has 3 N–H and O–H groups in total. The highest BCUT2D eigenvalue weighted by Crippen LogP contribution is 2.27. The molecular formula is C21H27N3O4S. The van der Waals surface area contributed by atoms with Crippen LogP contribution in [0.25, 0.3) is 11.1 Å². The molecule has 8 heteroatoms. The number of nitrogens with one attached hydrogen (secondary N) is 1. The van der Waals surface area contributed by atoms with Crippen molar-refractivity contribution < 1.29 is 18.7 Å². The molecule has 1 unspecified atom stereocenters. The van der Waals surface area contributed by atoms with Crippen molar-refractivity contribution in [3.8, 4) is 11.1 Å². The third-order valence-electron chi connectivity index (χ3n) is 4.99. The fourth-order valence-electron chi connectivity index (χ4n) is 3.45. The highest BCUT2D eigenvalue weighted by atomic mass is 32.2. The van der Waals surface area contributed by atoms with Crippen molar-refractivity contribution in [3.63, 3.8) is 0 Å². The topological polar surface area (TPSA) is 93.1 Å². The van der Waals surface area contributed by atoms with Crippen LogP contribution in [0.15, 0.2) is 65.1 Å². The highest BCUT2D eigenvalue weighted by molar-refractivity contribution is 7.89. The number of benzene rings is 2. The second-order valence-electron chi connectivity index (χ2n) is 7.34. The summed E-state index contributed by atoms with van der Waals surface area (Å²) in [5.41, 5.74) is 5.58. The fraction of sp³-hybridized carbons (Fsp3) is 0.333. The number of hydrogen-bond donors (Lipinski definition) is 3. The molecule has 2 aromatic carbocycles. The van der Waals surface area contributed by atoms with Gasteiger partial charge in [-0.1, -0.05) is 42.5 Å². The van der Waals surface area contributed by atoms with Gasteiger partial charge in [0.1, 0.15) is 6.23 Å². The molecule has 0 aromatic heterocycles. The number of nitrogens with zero attached hydrogens (tertiary/aromatic N) is 2. The van der Waals surface area contributed by atoms with Crippen LogP contribution in [0.4, 0.5) is 0 Å². The van der Waals surface area contributed by atoms with E-state index in [-0.39, 0.29) is 18.0 Å². The van der Waals surface area contributed by atoms with Gasteiger partial charge in [-0.15, -0.1) is 0 Å². The molecule has 0 radical (unpaired) electrons. The summed E-state index contributed by atoms with van der Waals surface area (Å²) in [5.74, 6) is 0. The summed E-state index contributed by atoms with van der Waals surface area (Å²) in [5, 5.41) is 18.4. The predicted molar refractivity (Wildman–Crippen MR) is 112 cm³/mol. The minimum Gasteiger partial charge on any atom is -0.373 e. The molecule has 156 valence electrons. The maximum absolute atomic E-state index is 13.0. The summed E-state index contributed by atoms with van der Waals surface area (Å²) in [6.07, 6.45) is 0.812. The lowest BCUT2D eigenvalue weighted by atomic mass is 9.99. The first-order valence-corrected chi connectivity index (χ1v) is 10.9. The molecule has 0 saturated heterocycles. The average molecular weight is 418 g/mol. The lowest BCUT2D eigenvalue weighted by molar-refractivity contribution is 0.0217. The Morgan fingerprint density at radius 2 is 1.83 bits per heavy atom. The molecule has 1 atom stereocenters. The Labute approximate surface area is 171 Å². The van der Waals surface area contributed by atoms with Gasteiger partial charge in [0.2, 0.25) is 10.0 Å². The number of aliphatic hydroxyl groups is 1. The summed E-state index contributed by atoms with van der Waals surface area (Å²) in [6, 6.07) is 15.1. The van der Waals surface area contributed by atoms with Crippen molar-refractivity contribution >= 4 is 10.0 Å². The molecule has 3 rings (SSSR count). The first-order valence-electron chi connectivity index (χ1n) is 9.43. The van der Waals surface area contributed by atoms with Crippen LogP contribution in [-0.4, -0.2) is 61.3 Å². The zero-order valence-corrected chi connectivity index (χ0v) is 17.4. The van der Waals surface area contributed by atoms with Crippen molar-refractivity contribution in [2.24, 2.45) is 0 Å². The van der Waals surface area contributed by atoms with Gasteiger partial charge in [0.05, 0.1) is 4.90 Å². The number of sulfonamides is 1.